The van der Waals surface area contributed by atoms with Crippen LogP contribution in [0.5, 0.6) is 0 Å². The quantitative estimate of drug-likeness (QED) is 0.399. The minimum atomic E-state index is -0.551. The maximum Gasteiger partial charge on any atom is 0.261 e. The lowest BCUT2D eigenvalue weighted by Gasteiger charge is -2.20. The van der Waals surface area contributed by atoms with Crippen molar-refractivity contribution >= 4 is 19.6 Å². The van der Waals surface area contributed by atoms with Gasteiger partial charge >= 0.3 is 0 Å². The topological polar surface area (TPSA) is 46.3 Å². The third kappa shape index (κ3) is 8.48. The second-order valence-electron chi connectivity index (χ2n) is 3.29. The van der Waals surface area contributed by atoms with E-state index in [-0.39, 0.29) is 0 Å². The molecule has 0 saturated heterocycles. The fourth-order valence-corrected chi connectivity index (χ4v) is 1.96. The molecule has 0 aromatic carbocycles. The van der Waals surface area contributed by atoms with Crippen molar-refractivity contribution in [2.24, 2.45) is 5.73 Å². The van der Waals surface area contributed by atoms with Gasteiger partial charge in [0, 0.05) is 23.3 Å². The van der Waals surface area contributed by atoms with Crippen molar-refractivity contribution in [1.29, 1.82) is 0 Å². The van der Waals surface area contributed by atoms with Crippen LogP contribution in [0.15, 0.2) is 0 Å². The molecule has 78 valence electrons. The second kappa shape index (κ2) is 10.2. The van der Waals surface area contributed by atoms with Crippen molar-refractivity contribution in [2.75, 3.05) is 26.2 Å². The Bertz CT molecular complexity index is 125. The van der Waals surface area contributed by atoms with Gasteiger partial charge in [-0.15, -0.1) is 0 Å². The Kier molecular flexibility index (Phi) is 10.4. The molecule has 2 N–H and O–H groups in total. The van der Waals surface area contributed by atoms with Crippen LogP contribution in [0, 0.1) is 0 Å². The highest BCUT2D eigenvalue weighted by Crippen LogP contribution is 1.97. The minimum Gasteiger partial charge on any atom is -0.392 e. The molecule has 0 spiro atoms. The van der Waals surface area contributed by atoms with Crippen molar-refractivity contribution in [3.63, 3.8) is 0 Å². The molecule has 0 aromatic heterocycles. The van der Waals surface area contributed by atoms with E-state index in [9.17, 15) is 4.46 Å². The van der Waals surface area contributed by atoms with Gasteiger partial charge in [0.25, 0.3) is 9.41 Å². The van der Waals surface area contributed by atoms with Crippen molar-refractivity contribution in [1.82, 2.24) is 4.90 Å². The van der Waals surface area contributed by atoms with Gasteiger partial charge in [0.15, 0.2) is 0 Å². The predicted molar refractivity (Wildman–Crippen MR) is 62.1 cm³/mol. The molecule has 0 rings (SSSR count). The van der Waals surface area contributed by atoms with Crippen LogP contribution in [0.2, 0.25) is 12.1 Å². The van der Waals surface area contributed by atoms with E-state index in [0.29, 0.717) is 0 Å². The predicted octanol–water partition coefficient (Wildman–Crippen LogP) is -0.989. The van der Waals surface area contributed by atoms with Crippen LogP contribution in [0.1, 0.15) is 12.8 Å². The average Bonchev–Trinajstić information content (AvgIpc) is 2.14. The molecule has 0 radical (unpaired) electrons. The zero-order valence-corrected chi connectivity index (χ0v) is 11.8. The Balaban J connectivity index is 3.46. The van der Waals surface area contributed by atoms with E-state index < -0.39 is 9.41 Å². The molecule has 0 heterocycles. The maximum absolute atomic E-state index is 10.3. The molecule has 0 aliphatic rings. The summed E-state index contributed by atoms with van der Waals surface area (Å²) in [4.78, 5) is 2.40. The minimum absolute atomic E-state index is 0.551. The van der Waals surface area contributed by atoms with E-state index in [1.54, 1.807) is 0 Å². The van der Waals surface area contributed by atoms with E-state index in [1.165, 1.54) is 29.3 Å². The normalized spacial score (nSPS) is 10.9. The summed E-state index contributed by atoms with van der Waals surface area (Å²) in [6.45, 7) is 3.99. The standard InChI is InChI=1S/C8H22N2OSi2/c9-3-6-10(4-1-7-12)5-2-8-13-11/h13H,1-9H2,12H3. The highest BCUT2D eigenvalue weighted by Gasteiger charge is 2.01. The molecular formula is C8H22N2OSi2. The SMILES string of the molecule is NCCN(CCC[SiH3])CCC[SiH]=O. The van der Waals surface area contributed by atoms with Gasteiger partial charge in [-0.3, -0.25) is 0 Å². The second-order valence-corrected chi connectivity index (χ2v) is 5.20. The van der Waals surface area contributed by atoms with Crippen LogP contribution in [-0.4, -0.2) is 50.7 Å². The molecule has 3 nitrogen and oxygen atoms in total. The maximum atomic E-state index is 10.3. The van der Waals surface area contributed by atoms with Crippen LogP contribution >= 0.6 is 0 Å². The monoisotopic (exact) mass is 218 g/mol. The molecule has 0 atom stereocenters. The summed E-state index contributed by atoms with van der Waals surface area (Å²) in [6, 6.07) is 2.26. The van der Waals surface area contributed by atoms with Crippen molar-refractivity contribution < 1.29 is 4.46 Å². The first-order valence-electron chi connectivity index (χ1n) is 5.21. The average molecular weight is 218 g/mol. The molecule has 0 bridgehead atoms. The Morgan fingerprint density at radius 2 is 1.92 bits per heavy atom. The fourth-order valence-electron chi connectivity index (χ4n) is 1.30. The fraction of sp³-hybridized carbons (Fsp3) is 1.00. The summed E-state index contributed by atoms with van der Waals surface area (Å²) < 4.78 is 10.3. The highest BCUT2D eigenvalue weighted by atomic mass is 28.2. The van der Waals surface area contributed by atoms with Gasteiger partial charge < -0.3 is 15.1 Å². The lowest BCUT2D eigenvalue weighted by molar-refractivity contribution is 0.282. The van der Waals surface area contributed by atoms with E-state index in [4.69, 9.17) is 5.73 Å². The molecule has 0 saturated carbocycles. The van der Waals surface area contributed by atoms with Gasteiger partial charge in [-0.25, -0.2) is 0 Å². The first kappa shape index (κ1) is 13.2. The molecule has 0 amide bonds. The van der Waals surface area contributed by atoms with Crippen LogP contribution in [0.3, 0.4) is 0 Å². The Morgan fingerprint density at radius 3 is 2.46 bits per heavy atom. The highest BCUT2D eigenvalue weighted by molar-refractivity contribution is 6.16. The third-order valence-electron chi connectivity index (χ3n) is 2.07. The van der Waals surface area contributed by atoms with Gasteiger partial charge in [-0.1, -0.05) is 6.04 Å². The van der Waals surface area contributed by atoms with Gasteiger partial charge in [-0.2, -0.15) is 0 Å². The summed E-state index contributed by atoms with van der Waals surface area (Å²) in [5.74, 6) is 0. The summed E-state index contributed by atoms with van der Waals surface area (Å²) >= 11 is 0. The molecule has 0 aliphatic heterocycles. The summed E-state index contributed by atoms with van der Waals surface area (Å²) in [6.07, 6.45) is 2.37. The number of rotatable bonds is 9. The molecule has 0 unspecified atom stereocenters. The van der Waals surface area contributed by atoms with Crippen LogP contribution < -0.4 is 5.73 Å². The molecule has 5 heteroatoms. The van der Waals surface area contributed by atoms with E-state index in [0.717, 1.165) is 32.1 Å². The zero-order valence-electron chi connectivity index (χ0n) is 8.67. The third-order valence-corrected chi connectivity index (χ3v) is 3.42. The van der Waals surface area contributed by atoms with Crippen molar-refractivity contribution in [3.05, 3.63) is 0 Å². The lowest BCUT2D eigenvalue weighted by Crippen LogP contribution is -2.31. The number of nitrogens with two attached hydrogens (primary N) is 1. The molecule has 13 heavy (non-hydrogen) atoms. The first-order valence-corrected chi connectivity index (χ1v) is 7.91. The smallest absolute Gasteiger partial charge is 0.261 e. The Labute approximate surface area is 86.4 Å². The molecule has 0 aromatic rings. The largest absolute Gasteiger partial charge is 0.392 e. The van der Waals surface area contributed by atoms with Gasteiger partial charge in [0.05, 0.1) is 0 Å². The number of hydrogen-bond acceptors (Lipinski definition) is 3. The van der Waals surface area contributed by atoms with Crippen molar-refractivity contribution in [2.45, 2.75) is 24.9 Å². The van der Waals surface area contributed by atoms with Gasteiger partial charge in [0.2, 0.25) is 0 Å². The number of nitrogens with zero attached hydrogens (tertiary/aromatic N) is 1. The van der Waals surface area contributed by atoms with Crippen molar-refractivity contribution in [3.8, 4) is 0 Å². The van der Waals surface area contributed by atoms with Gasteiger partial charge in [0.1, 0.15) is 0 Å². The van der Waals surface area contributed by atoms with Crippen LogP contribution in [0.4, 0.5) is 0 Å². The van der Waals surface area contributed by atoms with Crippen LogP contribution in [0.25, 0.3) is 0 Å². The molecular weight excluding hydrogens is 196 g/mol. The summed E-state index contributed by atoms with van der Waals surface area (Å²) in [5, 5.41) is 0. The summed E-state index contributed by atoms with van der Waals surface area (Å²) in [5.41, 5.74) is 5.52. The van der Waals surface area contributed by atoms with E-state index in [2.05, 4.69) is 4.90 Å². The lowest BCUT2D eigenvalue weighted by atomic mass is 10.3. The van der Waals surface area contributed by atoms with E-state index >= 15 is 0 Å². The van der Waals surface area contributed by atoms with Crippen LogP contribution in [-0.2, 0) is 4.46 Å². The number of hydrogen-bond donors (Lipinski definition) is 1. The molecule has 0 fully saturated rings. The van der Waals surface area contributed by atoms with Gasteiger partial charge in [-0.05, 0) is 32.0 Å². The molecule has 0 aliphatic carbocycles. The summed E-state index contributed by atoms with van der Waals surface area (Å²) in [7, 11) is 0.749. The Morgan fingerprint density at radius 1 is 1.23 bits per heavy atom. The Hall–Kier alpha value is 0.154. The zero-order chi connectivity index (χ0) is 9.94. The van der Waals surface area contributed by atoms with E-state index in [1.807, 2.05) is 0 Å². The first-order chi connectivity index (χ1) is 6.35.